The Morgan fingerprint density at radius 2 is 2.61 bits per heavy atom. The van der Waals surface area contributed by atoms with Crippen LogP contribution in [0.25, 0.3) is 10.4 Å². The Labute approximate surface area is 107 Å². The Balaban J connectivity index is 2.10. The van der Waals surface area contributed by atoms with Crippen molar-refractivity contribution >= 4 is 28.3 Å². The van der Waals surface area contributed by atoms with Gasteiger partial charge >= 0.3 is 6.09 Å². The zero-order chi connectivity index (χ0) is 13.0. The van der Waals surface area contributed by atoms with Gasteiger partial charge in [-0.2, -0.15) is 4.37 Å². The summed E-state index contributed by atoms with van der Waals surface area (Å²) < 4.78 is 9.00. The third kappa shape index (κ3) is 2.82. The number of hydrogen-bond acceptors (Lipinski definition) is 6. The number of carbonyl (C=O) groups is 1. The average Bonchev–Trinajstić information content (AvgIpc) is 2.77. The van der Waals surface area contributed by atoms with E-state index in [4.69, 9.17) is 16.0 Å². The maximum Gasteiger partial charge on any atom is 0.404 e. The maximum absolute atomic E-state index is 10.7. The molecule has 1 saturated heterocycles. The molecule has 2 rings (SSSR count). The Bertz CT molecular complexity index is 483. The van der Waals surface area contributed by atoms with Gasteiger partial charge in [0.25, 0.3) is 0 Å². The highest BCUT2D eigenvalue weighted by molar-refractivity contribution is 7.10. The number of hydrogen-bond donors (Lipinski definition) is 1. The molecular weight excluding hydrogens is 256 g/mol. The van der Waals surface area contributed by atoms with Crippen LogP contribution in [0.1, 0.15) is 12.8 Å². The van der Waals surface area contributed by atoms with Gasteiger partial charge in [0.15, 0.2) is 0 Å². The second-order valence-electron chi connectivity index (χ2n) is 3.85. The summed E-state index contributed by atoms with van der Waals surface area (Å²) in [6.07, 6.45) is 2.21. The molecule has 2 N–H and O–H groups in total. The molecule has 0 aromatic carbocycles. The lowest BCUT2D eigenvalue weighted by Crippen LogP contribution is -2.41. The molecule has 0 spiro atoms. The number of aromatic nitrogens is 1. The minimum atomic E-state index is -0.763. The van der Waals surface area contributed by atoms with Gasteiger partial charge in [0.2, 0.25) is 0 Å². The van der Waals surface area contributed by atoms with Gasteiger partial charge in [0.05, 0.1) is 18.4 Å². The summed E-state index contributed by atoms with van der Waals surface area (Å²) >= 11 is 1.26. The van der Waals surface area contributed by atoms with Crippen molar-refractivity contribution < 1.29 is 9.53 Å². The van der Waals surface area contributed by atoms with Crippen LogP contribution in [0.3, 0.4) is 0 Å². The summed E-state index contributed by atoms with van der Waals surface area (Å²) in [6.45, 7) is 1.36. The monoisotopic (exact) mass is 268 g/mol. The van der Waals surface area contributed by atoms with Crippen LogP contribution in [0.2, 0.25) is 0 Å². The SMILES string of the molecule is [N-]=[N+]=Nc1cnsc1N1CCC[C@H](OC(N)=O)C1. The second-order valence-corrected chi connectivity index (χ2v) is 4.63. The molecule has 0 unspecified atom stereocenters. The quantitative estimate of drug-likeness (QED) is 0.513. The second kappa shape index (κ2) is 5.56. The maximum atomic E-state index is 10.7. The van der Waals surface area contributed by atoms with E-state index in [0.717, 1.165) is 24.4 Å². The van der Waals surface area contributed by atoms with Gasteiger partial charge in [0, 0.05) is 11.5 Å². The minimum absolute atomic E-state index is 0.225. The number of rotatable bonds is 3. The van der Waals surface area contributed by atoms with Crippen LogP contribution in [-0.4, -0.2) is 29.7 Å². The van der Waals surface area contributed by atoms with E-state index in [0.29, 0.717) is 12.2 Å². The van der Waals surface area contributed by atoms with E-state index < -0.39 is 6.09 Å². The number of piperidine rings is 1. The van der Waals surface area contributed by atoms with E-state index >= 15 is 0 Å². The van der Waals surface area contributed by atoms with Crippen molar-refractivity contribution in [1.29, 1.82) is 0 Å². The van der Waals surface area contributed by atoms with Crippen LogP contribution in [0, 0.1) is 0 Å². The summed E-state index contributed by atoms with van der Waals surface area (Å²) in [7, 11) is 0. The van der Waals surface area contributed by atoms with E-state index in [9.17, 15) is 4.79 Å². The molecule has 1 aliphatic rings. The molecule has 8 nitrogen and oxygen atoms in total. The van der Waals surface area contributed by atoms with Gasteiger partial charge in [-0.15, -0.1) is 0 Å². The van der Waals surface area contributed by atoms with Crippen molar-refractivity contribution in [2.45, 2.75) is 18.9 Å². The summed E-state index contributed by atoms with van der Waals surface area (Å²) in [5.74, 6) is 0. The van der Waals surface area contributed by atoms with E-state index in [-0.39, 0.29) is 6.10 Å². The van der Waals surface area contributed by atoms with Gasteiger partial charge in [-0.1, -0.05) is 5.11 Å². The molecule has 18 heavy (non-hydrogen) atoms. The van der Waals surface area contributed by atoms with E-state index in [2.05, 4.69) is 14.4 Å². The van der Waals surface area contributed by atoms with Gasteiger partial charge in [0.1, 0.15) is 11.1 Å². The lowest BCUT2D eigenvalue weighted by molar-refractivity contribution is 0.0967. The predicted molar refractivity (Wildman–Crippen MR) is 66.8 cm³/mol. The first-order valence-electron chi connectivity index (χ1n) is 5.41. The van der Waals surface area contributed by atoms with Crippen LogP contribution >= 0.6 is 11.5 Å². The van der Waals surface area contributed by atoms with Crippen LogP contribution in [-0.2, 0) is 4.74 Å². The lowest BCUT2D eigenvalue weighted by atomic mass is 10.1. The van der Waals surface area contributed by atoms with Crippen molar-refractivity contribution in [1.82, 2.24) is 4.37 Å². The lowest BCUT2D eigenvalue weighted by Gasteiger charge is -2.32. The molecule has 96 valence electrons. The Morgan fingerprint density at radius 1 is 1.78 bits per heavy atom. The van der Waals surface area contributed by atoms with Crippen LogP contribution in [0.5, 0.6) is 0 Å². The fraction of sp³-hybridized carbons (Fsp3) is 0.556. The number of nitrogens with two attached hydrogens (primary N) is 1. The van der Waals surface area contributed by atoms with Crippen molar-refractivity contribution in [3.05, 3.63) is 16.6 Å². The number of carbonyl (C=O) groups excluding carboxylic acids is 1. The van der Waals surface area contributed by atoms with Crippen LogP contribution in [0.4, 0.5) is 15.5 Å². The number of nitrogens with zero attached hydrogens (tertiary/aromatic N) is 5. The zero-order valence-electron chi connectivity index (χ0n) is 9.52. The van der Waals surface area contributed by atoms with Gasteiger partial charge in [-0.05, 0) is 29.9 Å². The number of azide groups is 1. The summed E-state index contributed by atoms with van der Waals surface area (Å²) in [6, 6.07) is 0. The van der Waals surface area contributed by atoms with E-state index in [1.807, 2.05) is 4.90 Å². The van der Waals surface area contributed by atoms with Crippen molar-refractivity contribution in [3.63, 3.8) is 0 Å². The predicted octanol–water partition coefficient (Wildman–Crippen LogP) is 2.15. The molecular formula is C9H12N6O2S. The fourth-order valence-corrected chi connectivity index (χ4v) is 2.67. The molecule has 2 heterocycles. The number of primary amides is 1. The molecule has 1 aliphatic heterocycles. The highest BCUT2D eigenvalue weighted by Crippen LogP contribution is 2.34. The third-order valence-corrected chi connectivity index (χ3v) is 3.49. The normalized spacial score (nSPS) is 19.1. The molecule has 1 fully saturated rings. The first-order valence-corrected chi connectivity index (χ1v) is 6.19. The van der Waals surface area contributed by atoms with E-state index in [1.165, 1.54) is 17.7 Å². The molecule has 1 amide bonds. The molecule has 1 atom stereocenters. The number of ether oxygens (including phenoxy) is 1. The molecule has 1 aromatic rings. The standard InChI is InChI=1S/C9H12N6O2S/c10-9(16)17-6-2-1-3-15(5-6)8-7(13-14-11)4-12-18-8/h4,6H,1-3,5H2,(H2,10,16)/t6-/m0/s1. The molecule has 0 radical (unpaired) electrons. The van der Waals surface area contributed by atoms with Crippen molar-refractivity contribution in [3.8, 4) is 0 Å². The molecule has 0 bridgehead atoms. The van der Waals surface area contributed by atoms with Crippen LogP contribution in [0.15, 0.2) is 11.3 Å². The van der Waals surface area contributed by atoms with E-state index in [1.54, 1.807) is 0 Å². The molecule has 9 heteroatoms. The number of anilines is 1. The molecule has 1 aromatic heterocycles. The largest absolute Gasteiger partial charge is 0.445 e. The third-order valence-electron chi connectivity index (χ3n) is 2.63. The summed E-state index contributed by atoms with van der Waals surface area (Å²) in [5, 5.41) is 4.38. The zero-order valence-corrected chi connectivity index (χ0v) is 10.3. The van der Waals surface area contributed by atoms with Crippen molar-refractivity contribution in [2.75, 3.05) is 18.0 Å². The van der Waals surface area contributed by atoms with Gasteiger partial charge < -0.3 is 15.4 Å². The van der Waals surface area contributed by atoms with Gasteiger partial charge in [-0.25, -0.2) is 4.79 Å². The van der Waals surface area contributed by atoms with Crippen LogP contribution < -0.4 is 10.6 Å². The first kappa shape index (κ1) is 12.5. The Kier molecular flexibility index (Phi) is 3.85. The Morgan fingerprint density at radius 3 is 3.33 bits per heavy atom. The first-order chi connectivity index (χ1) is 8.70. The van der Waals surface area contributed by atoms with Crippen molar-refractivity contribution in [2.24, 2.45) is 10.8 Å². The highest BCUT2D eigenvalue weighted by atomic mass is 32.1. The smallest absolute Gasteiger partial charge is 0.404 e. The Hall–Kier alpha value is -1.99. The van der Waals surface area contributed by atoms with Gasteiger partial charge in [-0.3, -0.25) is 0 Å². The molecule has 0 saturated carbocycles. The minimum Gasteiger partial charge on any atom is -0.445 e. The molecule has 0 aliphatic carbocycles. The average molecular weight is 268 g/mol. The number of amides is 1. The fourth-order valence-electron chi connectivity index (χ4n) is 1.95. The summed E-state index contributed by atoms with van der Waals surface area (Å²) in [5.41, 5.74) is 14.0. The highest BCUT2D eigenvalue weighted by Gasteiger charge is 2.24. The summed E-state index contributed by atoms with van der Waals surface area (Å²) in [4.78, 5) is 15.5. The topological polar surface area (TPSA) is 117 Å².